The van der Waals surface area contributed by atoms with Gasteiger partial charge in [0.25, 0.3) is 0 Å². The van der Waals surface area contributed by atoms with Crippen molar-refractivity contribution < 1.29 is 4.39 Å². The van der Waals surface area contributed by atoms with Gasteiger partial charge in [0.15, 0.2) is 0 Å². The highest BCUT2D eigenvalue weighted by Crippen LogP contribution is 2.18. The zero-order valence-corrected chi connectivity index (χ0v) is 6.89. The quantitative estimate of drug-likeness (QED) is 0.388. The smallest absolute Gasteiger partial charge is 0.125 e. The van der Waals surface area contributed by atoms with Gasteiger partial charge in [-0.1, -0.05) is 5.11 Å². The zero-order chi connectivity index (χ0) is 9.26. The van der Waals surface area contributed by atoms with Crippen LogP contribution < -0.4 is 0 Å². The largest absolute Gasteiger partial charge is 0.266 e. The molecule has 0 spiro atoms. The topological polar surface area (TPSA) is 66.6 Å². The third-order valence-electron chi connectivity index (χ3n) is 2.01. The molecule has 0 bridgehead atoms. The van der Waals surface area contributed by atoms with Crippen molar-refractivity contribution in [3.8, 4) is 0 Å². The average Bonchev–Trinajstić information content (AvgIpc) is 2.57. The monoisotopic (exact) mass is 181 g/mol. The SMILES string of the molecule is [N-]=[N+]=NCc1cc2n(n1)C[C@@H](F)C2. The van der Waals surface area contributed by atoms with Crippen LogP contribution >= 0.6 is 0 Å². The fraction of sp³-hybridized carbons (Fsp3) is 0.571. The minimum atomic E-state index is -0.809. The highest BCUT2D eigenvalue weighted by Gasteiger charge is 2.22. The van der Waals surface area contributed by atoms with E-state index in [0.717, 1.165) is 5.69 Å². The maximum absolute atomic E-state index is 12.8. The molecule has 0 fully saturated rings. The molecule has 0 saturated heterocycles. The van der Waals surface area contributed by atoms with Crippen LogP contribution in [0.15, 0.2) is 11.2 Å². The lowest BCUT2D eigenvalue weighted by atomic mass is 10.2. The number of hydrogen-bond donors (Lipinski definition) is 0. The Balaban J connectivity index is 2.16. The Hall–Kier alpha value is -1.55. The molecular formula is C7H8FN5. The zero-order valence-electron chi connectivity index (χ0n) is 6.89. The summed E-state index contributed by atoms with van der Waals surface area (Å²) in [7, 11) is 0. The van der Waals surface area contributed by atoms with Crippen molar-refractivity contribution in [1.29, 1.82) is 0 Å². The number of aromatic nitrogens is 2. The van der Waals surface area contributed by atoms with Crippen LogP contribution in [0.1, 0.15) is 11.4 Å². The molecule has 0 radical (unpaired) electrons. The Bertz CT molecular complexity index is 341. The summed E-state index contributed by atoms with van der Waals surface area (Å²) < 4.78 is 14.4. The molecule has 2 rings (SSSR count). The van der Waals surface area contributed by atoms with Crippen LogP contribution in [0.5, 0.6) is 0 Å². The van der Waals surface area contributed by atoms with Crippen LogP contribution in [0.4, 0.5) is 4.39 Å². The second-order valence-electron chi connectivity index (χ2n) is 3.00. The fourth-order valence-corrected chi connectivity index (χ4v) is 1.50. The molecule has 6 heteroatoms. The predicted molar refractivity (Wildman–Crippen MR) is 43.7 cm³/mol. The summed E-state index contributed by atoms with van der Waals surface area (Å²) in [5, 5.41) is 7.48. The number of rotatable bonds is 2. The van der Waals surface area contributed by atoms with Crippen molar-refractivity contribution in [2.45, 2.75) is 25.7 Å². The summed E-state index contributed by atoms with van der Waals surface area (Å²) in [6.45, 7) is 0.569. The Morgan fingerprint density at radius 3 is 3.38 bits per heavy atom. The van der Waals surface area contributed by atoms with Gasteiger partial charge in [0.2, 0.25) is 0 Å². The van der Waals surface area contributed by atoms with Gasteiger partial charge in [-0.15, -0.1) is 0 Å². The lowest BCUT2D eigenvalue weighted by molar-refractivity contribution is 0.321. The van der Waals surface area contributed by atoms with Crippen LogP contribution in [-0.2, 0) is 19.5 Å². The van der Waals surface area contributed by atoms with Crippen LogP contribution in [-0.4, -0.2) is 16.0 Å². The third kappa shape index (κ3) is 1.48. The van der Waals surface area contributed by atoms with Crippen molar-refractivity contribution in [1.82, 2.24) is 9.78 Å². The molecule has 0 aliphatic carbocycles. The second kappa shape index (κ2) is 3.06. The molecule has 0 amide bonds. The lowest BCUT2D eigenvalue weighted by Gasteiger charge is -1.94. The summed E-state index contributed by atoms with van der Waals surface area (Å²) in [6, 6.07) is 1.79. The second-order valence-corrected chi connectivity index (χ2v) is 3.00. The third-order valence-corrected chi connectivity index (χ3v) is 2.01. The highest BCUT2D eigenvalue weighted by atomic mass is 19.1. The lowest BCUT2D eigenvalue weighted by Crippen LogP contribution is -2.03. The number of nitrogens with zero attached hydrogens (tertiary/aromatic N) is 5. The number of azide groups is 1. The van der Waals surface area contributed by atoms with Gasteiger partial charge >= 0.3 is 0 Å². The van der Waals surface area contributed by atoms with Crippen LogP contribution in [0.3, 0.4) is 0 Å². The Labute approximate surface area is 73.8 Å². The maximum atomic E-state index is 12.8. The minimum Gasteiger partial charge on any atom is -0.266 e. The molecule has 1 aromatic heterocycles. The summed E-state index contributed by atoms with van der Waals surface area (Å²) in [4.78, 5) is 2.63. The summed E-state index contributed by atoms with van der Waals surface area (Å²) in [6.07, 6.45) is -0.389. The molecule has 2 heterocycles. The van der Waals surface area contributed by atoms with E-state index < -0.39 is 6.17 Å². The minimum absolute atomic E-state index is 0.244. The summed E-state index contributed by atoms with van der Waals surface area (Å²) in [5.74, 6) is 0. The fourth-order valence-electron chi connectivity index (χ4n) is 1.50. The standard InChI is InChI=1S/C7H8FN5/c8-5-1-7-2-6(3-10-12-9)11-13(7)4-5/h2,5H,1,3-4H2/t5-/m0/s1. The van der Waals surface area contributed by atoms with E-state index in [9.17, 15) is 4.39 Å². The van der Waals surface area contributed by atoms with E-state index in [4.69, 9.17) is 5.53 Å². The van der Waals surface area contributed by atoms with E-state index in [-0.39, 0.29) is 6.54 Å². The molecule has 1 aliphatic heterocycles. The van der Waals surface area contributed by atoms with Gasteiger partial charge in [0.05, 0.1) is 18.8 Å². The van der Waals surface area contributed by atoms with E-state index in [0.29, 0.717) is 18.7 Å². The van der Waals surface area contributed by atoms with Gasteiger partial charge < -0.3 is 0 Å². The van der Waals surface area contributed by atoms with E-state index in [2.05, 4.69) is 15.1 Å². The van der Waals surface area contributed by atoms with E-state index in [1.54, 1.807) is 10.7 Å². The Morgan fingerprint density at radius 1 is 1.85 bits per heavy atom. The first kappa shape index (κ1) is 8.07. The van der Waals surface area contributed by atoms with Crippen molar-refractivity contribution >= 4 is 0 Å². The molecule has 13 heavy (non-hydrogen) atoms. The number of fused-ring (bicyclic) bond motifs is 1. The van der Waals surface area contributed by atoms with Gasteiger partial charge in [-0.3, -0.25) is 4.68 Å². The van der Waals surface area contributed by atoms with E-state index in [1.165, 1.54) is 0 Å². The van der Waals surface area contributed by atoms with E-state index in [1.807, 2.05) is 0 Å². The predicted octanol–water partition coefficient (Wildman–Crippen LogP) is 1.59. The molecule has 0 unspecified atom stereocenters. The van der Waals surface area contributed by atoms with Gasteiger partial charge in [0.1, 0.15) is 6.17 Å². The Kier molecular flexibility index (Phi) is 1.90. The molecule has 0 aromatic carbocycles. The molecule has 0 saturated carbocycles. The van der Waals surface area contributed by atoms with Crippen LogP contribution in [0.2, 0.25) is 0 Å². The van der Waals surface area contributed by atoms with E-state index >= 15 is 0 Å². The molecular weight excluding hydrogens is 173 g/mol. The first-order chi connectivity index (χ1) is 6.29. The van der Waals surface area contributed by atoms with Crippen LogP contribution in [0.25, 0.3) is 10.4 Å². The first-order valence-electron chi connectivity index (χ1n) is 4.00. The average molecular weight is 181 g/mol. The number of alkyl halides is 1. The van der Waals surface area contributed by atoms with Crippen molar-refractivity contribution in [2.75, 3.05) is 0 Å². The maximum Gasteiger partial charge on any atom is 0.125 e. The molecule has 1 atom stereocenters. The highest BCUT2D eigenvalue weighted by molar-refractivity contribution is 5.14. The Morgan fingerprint density at radius 2 is 2.69 bits per heavy atom. The van der Waals surface area contributed by atoms with Crippen molar-refractivity contribution in [3.05, 3.63) is 27.9 Å². The van der Waals surface area contributed by atoms with Crippen molar-refractivity contribution in [2.24, 2.45) is 5.11 Å². The van der Waals surface area contributed by atoms with Gasteiger partial charge in [-0.25, -0.2) is 4.39 Å². The van der Waals surface area contributed by atoms with Crippen LogP contribution in [0, 0.1) is 0 Å². The number of hydrogen-bond acceptors (Lipinski definition) is 2. The van der Waals surface area contributed by atoms with Gasteiger partial charge in [0, 0.05) is 17.0 Å². The summed E-state index contributed by atoms with van der Waals surface area (Å²) >= 11 is 0. The number of halogens is 1. The van der Waals surface area contributed by atoms with Gasteiger partial charge in [-0.05, 0) is 11.6 Å². The first-order valence-corrected chi connectivity index (χ1v) is 4.00. The molecule has 1 aromatic rings. The summed E-state index contributed by atoms with van der Waals surface area (Å²) in [5.41, 5.74) is 9.67. The molecule has 1 aliphatic rings. The normalized spacial score (nSPS) is 19.6. The molecule has 5 nitrogen and oxygen atoms in total. The molecule has 68 valence electrons. The molecule has 0 N–H and O–H groups in total. The van der Waals surface area contributed by atoms with Crippen molar-refractivity contribution in [3.63, 3.8) is 0 Å². The van der Waals surface area contributed by atoms with Gasteiger partial charge in [-0.2, -0.15) is 5.10 Å².